The van der Waals surface area contributed by atoms with Crippen molar-refractivity contribution in [1.29, 1.82) is 0 Å². The number of hydrogen-bond acceptors (Lipinski definition) is 0. The molecule has 2 heterocycles. The SMILES string of the molecule is C(#Cc1ccc2c(c1)n(Cc1ccccc1)c[n+]2Cc1ccccc1)c1ccc(C#Cc2ccc3c(c2)n(Cc2ccccc2)c[n+]3Cc2ccccc2)cc1. The van der Waals surface area contributed by atoms with Crippen molar-refractivity contribution in [2.45, 2.75) is 26.2 Å². The molecule has 266 valence electrons. The van der Waals surface area contributed by atoms with Gasteiger partial charge in [0.1, 0.15) is 26.2 Å². The second kappa shape index (κ2) is 15.9. The van der Waals surface area contributed by atoms with Crippen LogP contribution in [0.1, 0.15) is 44.5 Å². The molecule has 0 radical (unpaired) electrons. The van der Waals surface area contributed by atoms with Crippen molar-refractivity contribution in [3.05, 3.63) is 239 Å². The normalized spacial score (nSPS) is 10.9. The molecule has 4 heteroatoms. The number of rotatable bonds is 8. The van der Waals surface area contributed by atoms with Crippen LogP contribution in [-0.2, 0) is 26.2 Å². The maximum atomic E-state index is 3.42. The van der Waals surface area contributed by atoms with Gasteiger partial charge in [0.25, 0.3) is 0 Å². The van der Waals surface area contributed by atoms with Gasteiger partial charge in [-0.3, -0.25) is 0 Å². The van der Waals surface area contributed by atoms with Crippen molar-refractivity contribution in [1.82, 2.24) is 9.13 Å². The lowest BCUT2D eigenvalue weighted by Crippen LogP contribution is -2.32. The highest BCUT2D eigenvalue weighted by atomic mass is 15.1. The molecule has 0 aliphatic rings. The summed E-state index contributed by atoms with van der Waals surface area (Å²) in [6.45, 7) is 3.21. The molecule has 9 aromatic rings. The quantitative estimate of drug-likeness (QED) is 0.110. The molecule has 0 aliphatic heterocycles. The van der Waals surface area contributed by atoms with E-state index in [0.29, 0.717) is 0 Å². The summed E-state index contributed by atoms with van der Waals surface area (Å²) in [4.78, 5) is 0. The third kappa shape index (κ3) is 7.92. The molecule has 0 N–H and O–H groups in total. The lowest BCUT2D eigenvalue weighted by molar-refractivity contribution is -0.663. The number of nitrogens with zero attached hydrogens (tertiary/aromatic N) is 4. The standard InChI is InChI=1S/C52H40N4/c1-5-13-45(14-6-1)35-53-39-55(37-47-17-9-3-10-18-47)51-33-43(29-31-49(51)53)27-25-41-21-23-42(24-22-41)26-28-44-30-32-50-52(34-44)56(38-48-19-11-4-12-20-48)40-54(50)36-46-15-7-2-8-16-46/h1-24,29-34,39-40H,35-38H2/q+2. The molecule has 7 aromatic carbocycles. The van der Waals surface area contributed by atoms with E-state index in [-0.39, 0.29) is 0 Å². The fourth-order valence-corrected chi connectivity index (χ4v) is 7.28. The van der Waals surface area contributed by atoms with Crippen LogP contribution < -0.4 is 9.13 Å². The van der Waals surface area contributed by atoms with Gasteiger partial charge >= 0.3 is 0 Å². The Bertz CT molecular complexity index is 2680. The molecule has 0 unspecified atom stereocenters. The van der Waals surface area contributed by atoms with E-state index >= 15 is 0 Å². The molecule has 0 aliphatic carbocycles. The number of fused-ring (bicyclic) bond motifs is 2. The topological polar surface area (TPSA) is 17.6 Å². The molecular formula is C52H40N4+2. The molecule has 0 bridgehead atoms. The van der Waals surface area contributed by atoms with Crippen LogP contribution in [0.25, 0.3) is 22.1 Å². The van der Waals surface area contributed by atoms with Gasteiger partial charge in [-0.25, -0.2) is 18.3 Å². The minimum absolute atomic E-state index is 0.793. The molecule has 56 heavy (non-hydrogen) atoms. The average molecular weight is 721 g/mol. The summed E-state index contributed by atoms with van der Waals surface area (Å²) in [5, 5.41) is 0. The Balaban J connectivity index is 0.955. The van der Waals surface area contributed by atoms with E-state index in [1.54, 1.807) is 0 Å². The monoisotopic (exact) mass is 720 g/mol. The lowest BCUT2D eigenvalue weighted by atomic mass is 10.1. The number of hydrogen-bond donors (Lipinski definition) is 0. The molecule has 0 spiro atoms. The highest BCUT2D eigenvalue weighted by Gasteiger charge is 2.18. The zero-order valence-electron chi connectivity index (χ0n) is 31.1. The van der Waals surface area contributed by atoms with Crippen molar-refractivity contribution in [3.63, 3.8) is 0 Å². The van der Waals surface area contributed by atoms with Gasteiger partial charge in [0.05, 0.1) is 0 Å². The number of aromatic nitrogens is 4. The van der Waals surface area contributed by atoms with E-state index < -0.39 is 0 Å². The van der Waals surface area contributed by atoms with E-state index in [2.05, 4.69) is 237 Å². The molecule has 0 saturated carbocycles. The maximum Gasteiger partial charge on any atom is 0.245 e. The van der Waals surface area contributed by atoms with Crippen LogP contribution in [-0.4, -0.2) is 9.13 Å². The molecule has 9 rings (SSSR count). The zero-order valence-corrected chi connectivity index (χ0v) is 31.1. The summed E-state index contributed by atoms with van der Waals surface area (Å²) >= 11 is 0. The van der Waals surface area contributed by atoms with Gasteiger partial charge in [-0.05, 0) is 70.8 Å². The van der Waals surface area contributed by atoms with Crippen molar-refractivity contribution in [3.8, 4) is 23.7 Å². The number of benzene rings is 7. The molecule has 0 atom stereocenters. The number of imidazole rings is 2. The second-order valence-corrected chi connectivity index (χ2v) is 14.2. The van der Waals surface area contributed by atoms with Crippen LogP contribution in [0.15, 0.2) is 195 Å². The molecule has 0 saturated heterocycles. The predicted molar refractivity (Wildman–Crippen MR) is 225 cm³/mol. The Morgan fingerprint density at radius 2 is 0.661 bits per heavy atom. The third-order valence-corrected chi connectivity index (χ3v) is 10.1. The minimum atomic E-state index is 0.793. The van der Waals surface area contributed by atoms with Crippen molar-refractivity contribution in [2.75, 3.05) is 0 Å². The minimum Gasteiger partial charge on any atom is -0.226 e. The van der Waals surface area contributed by atoms with Gasteiger partial charge in [0, 0.05) is 34.4 Å². The average Bonchev–Trinajstić information content (AvgIpc) is 3.76. The summed E-state index contributed by atoms with van der Waals surface area (Å²) in [5.41, 5.74) is 13.7. The van der Waals surface area contributed by atoms with Gasteiger partial charge in [0.15, 0.2) is 22.1 Å². The van der Waals surface area contributed by atoms with Gasteiger partial charge in [-0.2, -0.15) is 0 Å². The van der Waals surface area contributed by atoms with Crippen LogP contribution in [0, 0.1) is 23.7 Å². The van der Waals surface area contributed by atoms with Gasteiger partial charge in [0.2, 0.25) is 12.7 Å². The summed E-state index contributed by atoms with van der Waals surface area (Å²) in [6, 6.07) is 63.7. The lowest BCUT2D eigenvalue weighted by Gasteiger charge is -1.99. The highest BCUT2D eigenvalue weighted by Crippen LogP contribution is 2.19. The first kappa shape index (κ1) is 34.4. The van der Waals surface area contributed by atoms with E-state index in [0.717, 1.165) is 48.4 Å². The van der Waals surface area contributed by atoms with Crippen LogP contribution in [0.4, 0.5) is 0 Å². The fraction of sp³-hybridized carbons (Fsp3) is 0.0769. The van der Waals surface area contributed by atoms with Crippen molar-refractivity contribution in [2.24, 2.45) is 0 Å². The van der Waals surface area contributed by atoms with Crippen LogP contribution in [0.2, 0.25) is 0 Å². The third-order valence-electron chi connectivity index (χ3n) is 10.1. The Labute approximate surface area is 328 Å². The van der Waals surface area contributed by atoms with E-state index in [9.17, 15) is 0 Å². The van der Waals surface area contributed by atoms with E-state index in [1.807, 2.05) is 0 Å². The summed E-state index contributed by atoms with van der Waals surface area (Å²) in [5.74, 6) is 13.6. The molecule has 4 nitrogen and oxygen atoms in total. The van der Waals surface area contributed by atoms with Gasteiger partial charge < -0.3 is 0 Å². The molecular weight excluding hydrogens is 681 g/mol. The Kier molecular flexibility index (Phi) is 9.77. The zero-order chi connectivity index (χ0) is 37.5. The largest absolute Gasteiger partial charge is 0.245 e. The molecule has 2 aromatic heterocycles. The highest BCUT2D eigenvalue weighted by molar-refractivity contribution is 5.75. The second-order valence-electron chi connectivity index (χ2n) is 14.2. The van der Waals surface area contributed by atoms with Crippen molar-refractivity contribution < 1.29 is 9.13 Å². The first-order valence-electron chi connectivity index (χ1n) is 19.0. The fourth-order valence-electron chi connectivity index (χ4n) is 7.28. The summed E-state index contributed by atoms with van der Waals surface area (Å²) < 4.78 is 9.31. The maximum absolute atomic E-state index is 3.42. The first-order valence-corrected chi connectivity index (χ1v) is 19.0. The van der Waals surface area contributed by atoms with E-state index in [1.165, 1.54) is 44.3 Å². The smallest absolute Gasteiger partial charge is 0.226 e. The predicted octanol–water partition coefficient (Wildman–Crippen LogP) is 9.16. The summed E-state index contributed by atoms with van der Waals surface area (Å²) in [6.07, 6.45) is 4.45. The van der Waals surface area contributed by atoms with Crippen molar-refractivity contribution >= 4 is 22.1 Å². The first-order chi connectivity index (χ1) is 27.7. The van der Waals surface area contributed by atoms with Gasteiger partial charge in [-0.1, -0.05) is 145 Å². The summed E-state index contributed by atoms with van der Waals surface area (Å²) in [7, 11) is 0. The van der Waals surface area contributed by atoms with E-state index in [4.69, 9.17) is 0 Å². The van der Waals surface area contributed by atoms with Gasteiger partial charge in [-0.15, -0.1) is 0 Å². The molecule has 0 amide bonds. The van der Waals surface area contributed by atoms with Crippen LogP contribution in [0.3, 0.4) is 0 Å². The Morgan fingerprint density at radius 1 is 0.339 bits per heavy atom. The molecule has 0 fully saturated rings. The van der Waals surface area contributed by atoms with Crippen LogP contribution in [0.5, 0.6) is 0 Å². The Hall–Kier alpha value is -7.40. The Morgan fingerprint density at radius 3 is 1.04 bits per heavy atom. The van der Waals surface area contributed by atoms with Crippen LogP contribution >= 0.6 is 0 Å².